The molecule has 1 saturated carbocycles. The topological polar surface area (TPSA) is 21.3 Å². The lowest BCUT2D eigenvalue weighted by molar-refractivity contribution is 0.0178. The van der Waals surface area contributed by atoms with Crippen molar-refractivity contribution in [2.75, 3.05) is 13.2 Å². The van der Waals surface area contributed by atoms with Gasteiger partial charge in [0.2, 0.25) is 0 Å². The third-order valence-electron chi connectivity index (χ3n) is 3.67. The first-order valence-electron chi connectivity index (χ1n) is 6.16. The summed E-state index contributed by atoms with van der Waals surface area (Å²) in [7, 11) is 0. The van der Waals surface area contributed by atoms with Gasteiger partial charge in [0.05, 0.1) is 5.60 Å². The molecule has 1 unspecified atom stereocenters. The van der Waals surface area contributed by atoms with Gasteiger partial charge in [-0.15, -0.1) is 0 Å². The molecule has 1 N–H and O–H groups in total. The van der Waals surface area contributed by atoms with Crippen molar-refractivity contribution < 1.29 is 4.74 Å². The van der Waals surface area contributed by atoms with Gasteiger partial charge in [-0.2, -0.15) is 0 Å². The molecule has 0 amide bonds. The van der Waals surface area contributed by atoms with Crippen molar-refractivity contribution in [3.63, 3.8) is 0 Å². The minimum Gasteiger partial charge on any atom is -0.374 e. The van der Waals surface area contributed by atoms with E-state index in [-0.39, 0.29) is 5.60 Å². The molecule has 82 valence electrons. The molecule has 1 aliphatic carbocycles. The normalized spacial score (nSPS) is 34.9. The zero-order valence-electron chi connectivity index (χ0n) is 9.35. The maximum atomic E-state index is 5.77. The summed E-state index contributed by atoms with van der Waals surface area (Å²) in [6.45, 7) is 4.26. The van der Waals surface area contributed by atoms with Crippen LogP contribution in [-0.2, 0) is 4.74 Å². The summed E-state index contributed by atoms with van der Waals surface area (Å²) in [4.78, 5) is 0. The van der Waals surface area contributed by atoms with Crippen LogP contribution in [-0.4, -0.2) is 24.8 Å². The lowest BCUT2D eigenvalue weighted by Gasteiger charge is -2.29. The summed E-state index contributed by atoms with van der Waals surface area (Å²) in [5, 5.41) is 3.68. The molecule has 14 heavy (non-hydrogen) atoms. The molecule has 2 fully saturated rings. The summed E-state index contributed by atoms with van der Waals surface area (Å²) >= 11 is 0. The second-order valence-electron chi connectivity index (χ2n) is 5.12. The molecule has 0 radical (unpaired) electrons. The van der Waals surface area contributed by atoms with Crippen molar-refractivity contribution in [2.45, 2.75) is 63.5 Å². The van der Waals surface area contributed by atoms with Gasteiger partial charge in [0.25, 0.3) is 0 Å². The van der Waals surface area contributed by atoms with E-state index in [4.69, 9.17) is 4.74 Å². The standard InChI is InChI=1S/C12H23NO/c1-12(8-5-9-14-12)10-13-11-6-3-2-4-7-11/h11,13H,2-10H2,1H3. The lowest BCUT2D eigenvalue weighted by atomic mass is 9.94. The summed E-state index contributed by atoms with van der Waals surface area (Å²) in [5.74, 6) is 0. The van der Waals surface area contributed by atoms with Crippen LogP contribution in [0.3, 0.4) is 0 Å². The van der Waals surface area contributed by atoms with Crippen LogP contribution in [0, 0.1) is 0 Å². The van der Waals surface area contributed by atoms with Gasteiger partial charge in [0.15, 0.2) is 0 Å². The molecule has 0 aromatic rings. The molecule has 1 aliphatic heterocycles. The quantitative estimate of drug-likeness (QED) is 0.750. The molecule has 2 rings (SSSR count). The van der Waals surface area contributed by atoms with Crippen molar-refractivity contribution >= 4 is 0 Å². The molecule has 0 aromatic carbocycles. The molecular weight excluding hydrogens is 174 g/mol. The Kier molecular flexibility index (Phi) is 3.45. The minimum absolute atomic E-state index is 0.136. The number of hydrogen-bond acceptors (Lipinski definition) is 2. The lowest BCUT2D eigenvalue weighted by Crippen LogP contribution is -2.42. The van der Waals surface area contributed by atoms with E-state index in [1.807, 2.05) is 0 Å². The Hall–Kier alpha value is -0.0800. The minimum atomic E-state index is 0.136. The van der Waals surface area contributed by atoms with Crippen LogP contribution in [0.4, 0.5) is 0 Å². The van der Waals surface area contributed by atoms with Crippen LogP contribution < -0.4 is 5.32 Å². The summed E-state index contributed by atoms with van der Waals surface area (Å²) in [6, 6.07) is 0.768. The number of ether oxygens (including phenoxy) is 1. The summed E-state index contributed by atoms with van der Waals surface area (Å²) < 4.78 is 5.77. The number of rotatable bonds is 3. The Labute approximate surface area is 87.4 Å². The largest absolute Gasteiger partial charge is 0.374 e. The fourth-order valence-corrected chi connectivity index (χ4v) is 2.64. The third-order valence-corrected chi connectivity index (χ3v) is 3.67. The molecule has 1 atom stereocenters. The van der Waals surface area contributed by atoms with Crippen LogP contribution in [0.5, 0.6) is 0 Å². The first kappa shape index (κ1) is 10.4. The van der Waals surface area contributed by atoms with Crippen molar-refractivity contribution in [1.29, 1.82) is 0 Å². The van der Waals surface area contributed by atoms with Crippen molar-refractivity contribution in [3.05, 3.63) is 0 Å². The Morgan fingerprint density at radius 2 is 2.00 bits per heavy atom. The van der Waals surface area contributed by atoms with Crippen molar-refractivity contribution in [3.8, 4) is 0 Å². The van der Waals surface area contributed by atoms with Gasteiger partial charge in [-0.3, -0.25) is 0 Å². The van der Waals surface area contributed by atoms with Crippen LogP contribution >= 0.6 is 0 Å². The smallest absolute Gasteiger partial charge is 0.0779 e. The Balaban J connectivity index is 1.70. The Morgan fingerprint density at radius 1 is 1.21 bits per heavy atom. The van der Waals surface area contributed by atoms with E-state index in [9.17, 15) is 0 Å². The first-order valence-corrected chi connectivity index (χ1v) is 6.16. The highest BCUT2D eigenvalue weighted by molar-refractivity contribution is 4.84. The molecule has 0 aromatic heterocycles. The van der Waals surface area contributed by atoms with Crippen LogP contribution in [0.25, 0.3) is 0 Å². The number of nitrogens with one attached hydrogen (secondary N) is 1. The third kappa shape index (κ3) is 2.71. The predicted molar refractivity (Wildman–Crippen MR) is 58.5 cm³/mol. The SMILES string of the molecule is CC1(CNC2CCCCC2)CCCO1. The van der Waals surface area contributed by atoms with E-state index in [0.29, 0.717) is 0 Å². The van der Waals surface area contributed by atoms with Crippen LogP contribution in [0.2, 0.25) is 0 Å². The van der Waals surface area contributed by atoms with Crippen molar-refractivity contribution in [1.82, 2.24) is 5.32 Å². The zero-order chi connectivity index (χ0) is 9.86. The Morgan fingerprint density at radius 3 is 2.64 bits per heavy atom. The van der Waals surface area contributed by atoms with Gasteiger partial charge in [0.1, 0.15) is 0 Å². The monoisotopic (exact) mass is 197 g/mol. The predicted octanol–water partition coefficient (Wildman–Crippen LogP) is 2.48. The average Bonchev–Trinajstić information content (AvgIpc) is 2.65. The molecule has 0 spiro atoms. The zero-order valence-corrected chi connectivity index (χ0v) is 9.35. The highest BCUT2D eigenvalue weighted by atomic mass is 16.5. The fraction of sp³-hybridized carbons (Fsp3) is 1.00. The molecule has 2 nitrogen and oxygen atoms in total. The van der Waals surface area contributed by atoms with E-state index in [2.05, 4.69) is 12.2 Å². The second-order valence-corrected chi connectivity index (χ2v) is 5.12. The van der Waals surface area contributed by atoms with Gasteiger partial charge in [0, 0.05) is 19.2 Å². The first-order chi connectivity index (χ1) is 6.79. The molecular formula is C12H23NO. The second kappa shape index (κ2) is 4.63. The molecule has 2 aliphatic rings. The molecule has 0 bridgehead atoms. The maximum Gasteiger partial charge on any atom is 0.0779 e. The molecule has 2 heteroatoms. The summed E-state index contributed by atoms with van der Waals surface area (Å²) in [5.41, 5.74) is 0.136. The number of hydrogen-bond donors (Lipinski definition) is 1. The van der Waals surface area contributed by atoms with Gasteiger partial charge >= 0.3 is 0 Å². The van der Waals surface area contributed by atoms with E-state index >= 15 is 0 Å². The van der Waals surface area contributed by atoms with Crippen molar-refractivity contribution in [2.24, 2.45) is 0 Å². The average molecular weight is 197 g/mol. The van der Waals surface area contributed by atoms with E-state index in [0.717, 1.165) is 19.2 Å². The van der Waals surface area contributed by atoms with Gasteiger partial charge in [-0.25, -0.2) is 0 Å². The molecule has 1 saturated heterocycles. The fourth-order valence-electron chi connectivity index (χ4n) is 2.64. The van der Waals surface area contributed by atoms with Crippen LogP contribution in [0.1, 0.15) is 51.9 Å². The molecule has 1 heterocycles. The van der Waals surface area contributed by atoms with Gasteiger partial charge < -0.3 is 10.1 Å². The van der Waals surface area contributed by atoms with E-state index < -0.39 is 0 Å². The van der Waals surface area contributed by atoms with Gasteiger partial charge in [-0.05, 0) is 32.6 Å². The van der Waals surface area contributed by atoms with E-state index in [1.54, 1.807) is 0 Å². The summed E-state index contributed by atoms with van der Waals surface area (Å²) in [6.07, 6.45) is 9.47. The maximum absolute atomic E-state index is 5.77. The van der Waals surface area contributed by atoms with E-state index in [1.165, 1.54) is 44.9 Å². The highest BCUT2D eigenvalue weighted by Crippen LogP contribution is 2.25. The highest BCUT2D eigenvalue weighted by Gasteiger charge is 2.30. The van der Waals surface area contributed by atoms with Crippen LogP contribution in [0.15, 0.2) is 0 Å². The van der Waals surface area contributed by atoms with Gasteiger partial charge in [-0.1, -0.05) is 19.3 Å². The Bertz CT molecular complexity index is 169.